The summed E-state index contributed by atoms with van der Waals surface area (Å²) in [5, 5.41) is 11.8. The van der Waals surface area contributed by atoms with Gasteiger partial charge < -0.3 is 19.9 Å². The van der Waals surface area contributed by atoms with Crippen LogP contribution in [-0.2, 0) is 16.1 Å². The Hall–Kier alpha value is -1.59. The molecule has 21 heavy (non-hydrogen) atoms. The number of nitrogens with one attached hydrogen (secondary N) is 1. The first-order valence-corrected chi connectivity index (χ1v) is 7.13. The number of aliphatic hydroxyl groups excluding tert-OH is 1. The van der Waals surface area contributed by atoms with E-state index >= 15 is 0 Å². The van der Waals surface area contributed by atoms with Crippen LogP contribution in [0.15, 0.2) is 30.3 Å². The Morgan fingerprint density at radius 3 is 2.52 bits per heavy atom. The van der Waals surface area contributed by atoms with Crippen LogP contribution in [0.3, 0.4) is 0 Å². The average molecular weight is 295 g/mol. The zero-order valence-corrected chi connectivity index (χ0v) is 13.0. The molecule has 5 heteroatoms. The molecule has 1 rings (SSSR count). The summed E-state index contributed by atoms with van der Waals surface area (Å²) in [5.74, 6) is 0. The van der Waals surface area contributed by atoms with E-state index in [1.807, 2.05) is 51.1 Å². The summed E-state index contributed by atoms with van der Waals surface area (Å²) >= 11 is 0. The number of amides is 1. The lowest BCUT2D eigenvalue weighted by molar-refractivity contribution is -0.0173. The lowest BCUT2D eigenvalue weighted by Gasteiger charge is -2.24. The number of ether oxygens (including phenoxy) is 2. The molecular formula is C16H25NO4. The molecule has 5 nitrogen and oxygen atoms in total. The van der Waals surface area contributed by atoms with Crippen LogP contribution in [0.4, 0.5) is 4.79 Å². The fraction of sp³-hybridized carbons (Fsp3) is 0.562. The van der Waals surface area contributed by atoms with Crippen molar-refractivity contribution in [2.24, 2.45) is 0 Å². The van der Waals surface area contributed by atoms with Crippen molar-refractivity contribution in [2.75, 3.05) is 13.2 Å². The SMILES string of the molecule is CC(C)(C)OCC(CCO)NC(=O)OCc1ccccc1. The average Bonchev–Trinajstić information content (AvgIpc) is 2.43. The predicted molar refractivity (Wildman–Crippen MR) is 81.0 cm³/mol. The summed E-state index contributed by atoms with van der Waals surface area (Å²) in [6, 6.07) is 9.20. The number of hydrogen-bond acceptors (Lipinski definition) is 4. The van der Waals surface area contributed by atoms with E-state index in [-0.39, 0.29) is 24.9 Å². The second kappa shape index (κ2) is 8.64. The van der Waals surface area contributed by atoms with Crippen molar-refractivity contribution in [1.82, 2.24) is 5.32 Å². The molecule has 1 aromatic rings. The Morgan fingerprint density at radius 2 is 1.95 bits per heavy atom. The molecular weight excluding hydrogens is 270 g/mol. The van der Waals surface area contributed by atoms with Gasteiger partial charge in [-0.25, -0.2) is 4.79 Å². The zero-order chi connectivity index (χ0) is 15.7. The van der Waals surface area contributed by atoms with Gasteiger partial charge in [0.15, 0.2) is 0 Å². The summed E-state index contributed by atoms with van der Waals surface area (Å²) < 4.78 is 10.8. The number of hydrogen-bond donors (Lipinski definition) is 2. The van der Waals surface area contributed by atoms with Crippen LogP contribution in [-0.4, -0.2) is 36.1 Å². The van der Waals surface area contributed by atoms with E-state index in [4.69, 9.17) is 14.6 Å². The Morgan fingerprint density at radius 1 is 1.29 bits per heavy atom. The largest absolute Gasteiger partial charge is 0.445 e. The maximum absolute atomic E-state index is 11.8. The van der Waals surface area contributed by atoms with E-state index in [0.29, 0.717) is 13.0 Å². The van der Waals surface area contributed by atoms with Gasteiger partial charge in [-0.1, -0.05) is 30.3 Å². The number of carbonyl (C=O) groups excluding carboxylic acids is 1. The molecule has 1 aromatic carbocycles. The lowest BCUT2D eigenvalue weighted by Crippen LogP contribution is -2.41. The van der Waals surface area contributed by atoms with Crippen LogP contribution >= 0.6 is 0 Å². The first kappa shape index (κ1) is 17.5. The first-order valence-electron chi connectivity index (χ1n) is 7.13. The van der Waals surface area contributed by atoms with E-state index in [9.17, 15) is 4.79 Å². The van der Waals surface area contributed by atoms with Gasteiger partial charge in [0, 0.05) is 6.61 Å². The van der Waals surface area contributed by atoms with Gasteiger partial charge in [-0.05, 0) is 32.8 Å². The Balaban J connectivity index is 2.37. The van der Waals surface area contributed by atoms with Crippen molar-refractivity contribution in [3.63, 3.8) is 0 Å². The number of benzene rings is 1. The molecule has 0 saturated heterocycles. The summed E-state index contributed by atoms with van der Waals surface area (Å²) in [5.41, 5.74) is 0.640. The van der Waals surface area contributed by atoms with Crippen molar-refractivity contribution < 1.29 is 19.4 Å². The molecule has 118 valence electrons. The van der Waals surface area contributed by atoms with E-state index < -0.39 is 6.09 Å². The zero-order valence-electron chi connectivity index (χ0n) is 13.0. The van der Waals surface area contributed by atoms with Gasteiger partial charge in [-0.3, -0.25) is 0 Å². The molecule has 1 amide bonds. The van der Waals surface area contributed by atoms with E-state index in [1.54, 1.807) is 0 Å². The molecule has 1 unspecified atom stereocenters. The normalized spacial score (nSPS) is 12.8. The van der Waals surface area contributed by atoms with Crippen LogP contribution in [0, 0.1) is 0 Å². The Labute approximate surface area is 126 Å². The summed E-state index contributed by atoms with van der Waals surface area (Å²) in [4.78, 5) is 11.8. The van der Waals surface area contributed by atoms with Crippen molar-refractivity contribution in [3.05, 3.63) is 35.9 Å². The third kappa shape index (κ3) is 8.32. The van der Waals surface area contributed by atoms with Gasteiger partial charge in [0.05, 0.1) is 18.2 Å². The molecule has 0 aliphatic carbocycles. The van der Waals surface area contributed by atoms with Crippen molar-refractivity contribution in [2.45, 2.75) is 45.4 Å². The fourth-order valence-electron chi connectivity index (χ4n) is 1.64. The monoisotopic (exact) mass is 295 g/mol. The molecule has 0 aliphatic heterocycles. The molecule has 0 heterocycles. The minimum absolute atomic E-state index is 0.0167. The van der Waals surface area contributed by atoms with Gasteiger partial charge in [0.1, 0.15) is 6.61 Å². The van der Waals surface area contributed by atoms with Gasteiger partial charge in [0.2, 0.25) is 0 Å². The van der Waals surface area contributed by atoms with Crippen molar-refractivity contribution in [3.8, 4) is 0 Å². The Kier molecular flexibility index (Phi) is 7.19. The van der Waals surface area contributed by atoms with Gasteiger partial charge in [-0.2, -0.15) is 0 Å². The second-order valence-corrected chi connectivity index (χ2v) is 5.84. The molecule has 0 saturated carbocycles. The van der Waals surface area contributed by atoms with E-state index in [0.717, 1.165) is 5.56 Å². The highest BCUT2D eigenvalue weighted by atomic mass is 16.5. The number of rotatable bonds is 7. The smallest absolute Gasteiger partial charge is 0.407 e. The van der Waals surface area contributed by atoms with Crippen LogP contribution in [0.25, 0.3) is 0 Å². The molecule has 1 atom stereocenters. The quantitative estimate of drug-likeness (QED) is 0.811. The number of carbonyl (C=O) groups is 1. The van der Waals surface area contributed by atoms with Gasteiger partial charge in [-0.15, -0.1) is 0 Å². The maximum atomic E-state index is 11.8. The lowest BCUT2D eigenvalue weighted by atomic mass is 10.2. The number of aliphatic hydroxyl groups is 1. The highest BCUT2D eigenvalue weighted by molar-refractivity contribution is 5.67. The molecule has 2 N–H and O–H groups in total. The Bertz CT molecular complexity index is 414. The molecule has 0 fully saturated rings. The molecule has 0 aromatic heterocycles. The first-order chi connectivity index (χ1) is 9.90. The maximum Gasteiger partial charge on any atom is 0.407 e. The standard InChI is InChI=1S/C16H25NO4/c1-16(2,3)21-12-14(9-10-18)17-15(19)20-11-13-7-5-4-6-8-13/h4-8,14,18H,9-12H2,1-3H3,(H,17,19). The minimum atomic E-state index is -0.505. The summed E-state index contributed by atoms with van der Waals surface area (Å²) in [6.07, 6.45) is -0.0777. The van der Waals surface area contributed by atoms with Gasteiger partial charge in [0.25, 0.3) is 0 Å². The van der Waals surface area contributed by atoms with Crippen LogP contribution in [0.2, 0.25) is 0 Å². The fourth-order valence-corrected chi connectivity index (χ4v) is 1.64. The van der Waals surface area contributed by atoms with Crippen LogP contribution in [0.5, 0.6) is 0 Å². The van der Waals surface area contributed by atoms with Crippen LogP contribution in [0.1, 0.15) is 32.8 Å². The highest BCUT2D eigenvalue weighted by Gasteiger charge is 2.17. The summed E-state index contributed by atoms with van der Waals surface area (Å²) in [6.45, 7) is 6.37. The second-order valence-electron chi connectivity index (χ2n) is 5.84. The number of alkyl carbamates (subject to hydrolysis) is 1. The van der Waals surface area contributed by atoms with Crippen molar-refractivity contribution >= 4 is 6.09 Å². The molecule has 0 radical (unpaired) electrons. The topological polar surface area (TPSA) is 67.8 Å². The van der Waals surface area contributed by atoms with Crippen molar-refractivity contribution in [1.29, 1.82) is 0 Å². The van der Waals surface area contributed by atoms with E-state index in [2.05, 4.69) is 5.32 Å². The predicted octanol–water partition coefficient (Wildman–Crippen LogP) is 2.48. The summed E-state index contributed by atoms with van der Waals surface area (Å²) in [7, 11) is 0. The highest BCUT2D eigenvalue weighted by Crippen LogP contribution is 2.08. The van der Waals surface area contributed by atoms with Gasteiger partial charge >= 0.3 is 6.09 Å². The minimum Gasteiger partial charge on any atom is -0.445 e. The van der Waals surface area contributed by atoms with Crippen LogP contribution < -0.4 is 5.32 Å². The molecule has 0 aliphatic rings. The third-order valence-electron chi connectivity index (χ3n) is 2.73. The third-order valence-corrected chi connectivity index (χ3v) is 2.73. The molecule has 0 spiro atoms. The molecule has 0 bridgehead atoms. The van der Waals surface area contributed by atoms with E-state index in [1.165, 1.54) is 0 Å².